The van der Waals surface area contributed by atoms with Crippen LogP contribution in [0.25, 0.3) is 5.69 Å². The first-order valence-corrected chi connectivity index (χ1v) is 11.6. The average Bonchev–Trinajstić information content (AvgIpc) is 3.11. The highest BCUT2D eigenvalue weighted by atomic mass is 35.5. The molecule has 1 aliphatic heterocycles. The molecule has 0 bridgehead atoms. The molecule has 0 spiro atoms. The Kier molecular flexibility index (Phi) is 6.36. The van der Waals surface area contributed by atoms with Gasteiger partial charge >= 0.3 is 6.18 Å². The molecule has 2 aromatic heterocycles. The van der Waals surface area contributed by atoms with Crippen LogP contribution in [0.15, 0.2) is 53.7 Å². The van der Waals surface area contributed by atoms with Gasteiger partial charge in [0.1, 0.15) is 17.6 Å². The van der Waals surface area contributed by atoms with E-state index < -0.39 is 39.7 Å². The summed E-state index contributed by atoms with van der Waals surface area (Å²) in [4.78, 5) is 15.8. The maximum atomic E-state index is 13.1. The van der Waals surface area contributed by atoms with Crippen molar-refractivity contribution in [2.75, 3.05) is 6.54 Å². The van der Waals surface area contributed by atoms with Gasteiger partial charge in [-0.05, 0) is 42.8 Å². The first-order valence-electron chi connectivity index (χ1n) is 9.79. The highest BCUT2D eigenvalue weighted by molar-refractivity contribution is 7.89. The Morgan fingerprint density at radius 2 is 1.88 bits per heavy atom. The normalized spacial score (nSPS) is 16.8. The van der Waals surface area contributed by atoms with Gasteiger partial charge in [0.25, 0.3) is 0 Å². The third kappa shape index (κ3) is 4.76. The van der Waals surface area contributed by atoms with Crippen LogP contribution >= 0.6 is 11.6 Å². The Labute approximate surface area is 196 Å². The van der Waals surface area contributed by atoms with Crippen molar-refractivity contribution in [3.8, 4) is 5.69 Å². The minimum Gasteiger partial charge on any atom is -0.350 e. The summed E-state index contributed by atoms with van der Waals surface area (Å²) in [6.07, 6.45) is -1.87. The fourth-order valence-corrected chi connectivity index (χ4v) is 5.11. The van der Waals surface area contributed by atoms with Crippen LogP contribution in [-0.4, -0.2) is 46.0 Å². The Morgan fingerprint density at radius 3 is 2.44 bits per heavy atom. The van der Waals surface area contributed by atoms with E-state index in [4.69, 9.17) is 11.6 Å². The fourth-order valence-electron chi connectivity index (χ4n) is 3.28. The number of rotatable bonds is 6. The monoisotopic (exact) mass is 517 g/mol. The summed E-state index contributed by atoms with van der Waals surface area (Å²) in [5.41, 5.74) is -0.465. The topological polar surface area (TPSA) is 97.2 Å². The van der Waals surface area contributed by atoms with Crippen LogP contribution in [0.3, 0.4) is 0 Å². The van der Waals surface area contributed by atoms with Crippen LogP contribution < -0.4 is 5.32 Å². The van der Waals surface area contributed by atoms with E-state index >= 15 is 0 Å². The molecule has 1 fully saturated rings. The van der Waals surface area contributed by atoms with Gasteiger partial charge < -0.3 is 5.32 Å². The Hall–Kier alpha value is -3.03. The third-order valence-corrected chi connectivity index (χ3v) is 7.43. The summed E-state index contributed by atoms with van der Waals surface area (Å²) in [6, 6.07) is 5.33. The number of nitrogens with one attached hydrogen (secondary N) is 1. The number of halogens is 5. The molecular weight excluding hydrogens is 502 g/mol. The maximum Gasteiger partial charge on any atom is 0.433 e. The van der Waals surface area contributed by atoms with E-state index in [0.717, 1.165) is 40.8 Å². The van der Waals surface area contributed by atoms with Gasteiger partial charge in [-0.25, -0.2) is 22.5 Å². The number of carbonyl (C=O) groups is 1. The average molecular weight is 518 g/mol. The number of benzene rings is 1. The predicted octanol–water partition coefficient (Wildman–Crippen LogP) is 3.16. The van der Waals surface area contributed by atoms with E-state index in [-0.39, 0.29) is 28.8 Å². The number of sulfonamides is 1. The quantitative estimate of drug-likeness (QED) is 0.507. The zero-order valence-corrected chi connectivity index (χ0v) is 18.7. The summed E-state index contributed by atoms with van der Waals surface area (Å²) in [5, 5.41) is 6.60. The van der Waals surface area contributed by atoms with Crippen molar-refractivity contribution in [3.63, 3.8) is 0 Å². The first-order chi connectivity index (χ1) is 16.0. The molecule has 34 heavy (non-hydrogen) atoms. The number of nitrogens with zero attached hydrogens (tertiary/aromatic N) is 4. The number of aromatic nitrogens is 3. The summed E-state index contributed by atoms with van der Waals surface area (Å²) < 4.78 is 78.8. The van der Waals surface area contributed by atoms with Crippen molar-refractivity contribution in [1.82, 2.24) is 24.4 Å². The van der Waals surface area contributed by atoms with E-state index in [1.165, 1.54) is 16.9 Å². The van der Waals surface area contributed by atoms with E-state index in [2.05, 4.69) is 15.4 Å². The second kappa shape index (κ2) is 8.96. The second-order valence-corrected chi connectivity index (χ2v) is 9.63. The molecule has 3 heterocycles. The lowest BCUT2D eigenvalue weighted by Crippen LogP contribution is -2.57. The lowest BCUT2D eigenvalue weighted by Gasteiger charge is -2.38. The number of amides is 1. The first kappa shape index (κ1) is 24.1. The van der Waals surface area contributed by atoms with Crippen molar-refractivity contribution < 1.29 is 30.8 Å². The lowest BCUT2D eigenvalue weighted by atomic mass is 10.1. The molecule has 3 aromatic rings. The zero-order valence-electron chi connectivity index (χ0n) is 17.1. The number of alkyl halides is 3. The zero-order chi connectivity index (χ0) is 24.7. The van der Waals surface area contributed by atoms with Crippen molar-refractivity contribution in [3.05, 3.63) is 71.0 Å². The number of carbonyl (C=O) groups excluding carboxylic acids is 1. The van der Waals surface area contributed by atoms with Crippen molar-refractivity contribution in [2.45, 2.75) is 30.1 Å². The van der Waals surface area contributed by atoms with Crippen molar-refractivity contribution >= 4 is 27.5 Å². The standard InChI is InChI=1S/C20H16ClF4N5O3S/c21-18-12(11-29(28-18)14-3-6-17(26-10-14)20(23,24)25)9-27-19(31)16-7-8-30(16)34(32,33)15-4-1-13(22)2-5-15/h1-6,10-11,16H,7-9H2,(H,27,31). The Bertz CT molecular complexity index is 1310. The third-order valence-electron chi connectivity index (χ3n) is 5.19. The van der Waals surface area contributed by atoms with Crippen molar-refractivity contribution in [1.29, 1.82) is 0 Å². The van der Waals surface area contributed by atoms with Crippen LogP contribution in [0.2, 0.25) is 5.15 Å². The second-order valence-electron chi connectivity index (χ2n) is 7.38. The molecular formula is C20H16ClF4N5O3S. The van der Waals surface area contributed by atoms with E-state index in [0.29, 0.717) is 12.0 Å². The molecule has 180 valence electrons. The molecule has 1 unspecified atom stereocenters. The van der Waals surface area contributed by atoms with E-state index in [9.17, 15) is 30.8 Å². The van der Waals surface area contributed by atoms with Crippen LogP contribution in [-0.2, 0) is 27.5 Å². The number of pyridine rings is 1. The molecule has 1 saturated heterocycles. The minimum absolute atomic E-state index is 0.00426. The summed E-state index contributed by atoms with van der Waals surface area (Å²) in [6.45, 7) is 0.0457. The maximum absolute atomic E-state index is 13.1. The molecule has 0 radical (unpaired) electrons. The largest absolute Gasteiger partial charge is 0.433 e. The predicted molar refractivity (Wildman–Crippen MR) is 112 cm³/mol. The van der Waals surface area contributed by atoms with E-state index in [1.54, 1.807) is 0 Å². The van der Waals surface area contributed by atoms with Gasteiger partial charge in [-0.3, -0.25) is 4.79 Å². The summed E-state index contributed by atoms with van der Waals surface area (Å²) in [7, 11) is -3.97. The lowest BCUT2D eigenvalue weighted by molar-refractivity contribution is -0.141. The SMILES string of the molecule is O=C(NCc1cn(-c2ccc(C(F)(F)F)nc2)nc1Cl)C1CCN1S(=O)(=O)c1ccc(F)cc1. The van der Waals surface area contributed by atoms with E-state index in [1.807, 2.05) is 0 Å². The van der Waals surface area contributed by atoms with Gasteiger partial charge in [0.15, 0.2) is 5.15 Å². The van der Waals surface area contributed by atoms with Crippen LogP contribution in [0.1, 0.15) is 17.7 Å². The molecule has 0 saturated carbocycles. The van der Waals surface area contributed by atoms with Crippen LogP contribution in [0.4, 0.5) is 17.6 Å². The molecule has 8 nitrogen and oxygen atoms in total. The summed E-state index contributed by atoms with van der Waals surface area (Å²) >= 11 is 6.08. The highest BCUT2D eigenvalue weighted by Crippen LogP contribution is 2.29. The highest BCUT2D eigenvalue weighted by Gasteiger charge is 2.42. The Morgan fingerprint density at radius 1 is 1.18 bits per heavy atom. The Balaban J connectivity index is 1.41. The number of hydrogen-bond acceptors (Lipinski definition) is 5. The smallest absolute Gasteiger partial charge is 0.350 e. The molecule has 1 aromatic carbocycles. The molecule has 1 atom stereocenters. The molecule has 4 rings (SSSR count). The molecule has 14 heteroatoms. The summed E-state index contributed by atoms with van der Waals surface area (Å²) in [5.74, 6) is -1.14. The fraction of sp³-hybridized carbons (Fsp3) is 0.250. The minimum atomic E-state index is -4.57. The molecule has 0 aliphatic carbocycles. The van der Waals surface area contributed by atoms with Gasteiger partial charge in [-0.2, -0.15) is 22.6 Å². The molecule has 1 aliphatic rings. The van der Waals surface area contributed by atoms with Gasteiger partial charge in [0.05, 0.1) is 16.8 Å². The van der Waals surface area contributed by atoms with Gasteiger partial charge in [0, 0.05) is 24.8 Å². The van der Waals surface area contributed by atoms with Gasteiger partial charge in [-0.15, -0.1) is 0 Å². The number of hydrogen-bond donors (Lipinski definition) is 1. The van der Waals surface area contributed by atoms with Crippen molar-refractivity contribution in [2.24, 2.45) is 0 Å². The molecule has 1 amide bonds. The van der Waals surface area contributed by atoms with Crippen LogP contribution in [0.5, 0.6) is 0 Å². The van der Waals surface area contributed by atoms with Gasteiger partial charge in [0.2, 0.25) is 15.9 Å². The van der Waals surface area contributed by atoms with Crippen LogP contribution in [0, 0.1) is 5.82 Å². The van der Waals surface area contributed by atoms with Gasteiger partial charge in [-0.1, -0.05) is 11.6 Å². The molecule has 1 N–H and O–H groups in total.